The van der Waals surface area contributed by atoms with Gasteiger partial charge in [-0.15, -0.1) is 0 Å². The van der Waals surface area contributed by atoms with Crippen molar-refractivity contribution in [3.05, 3.63) is 13.1 Å². The Balaban J connectivity index is 4.76. The van der Waals surface area contributed by atoms with Gasteiger partial charge in [0, 0.05) is 5.41 Å². The first-order chi connectivity index (χ1) is 6.97. The maximum Gasteiger partial charge on any atom is 0.237 e. The summed E-state index contributed by atoms with van der Waals surface area (Å²) in [5.74, 6) is 0.374. The lowest BCUT2D eigenvalue weighted by Crippen LogP contribution is -2.22. The largest absolute Gasteiger partial charge is 0.237 e. The third kappa shape index (κ3) is 4.68. The standard InChI is InChI=1S/C11H16N2O2/c1-5-9(2)6-11(3,4)10(12-7-14)13-8-15/h9H,1,5-6H2,2-4H3. The molecule has 0 aliphatic rings. The molecule has 0 N–H and O–H groups in total. The predicted molar refractivity (Wildman–Crippen MR) is 57.0 cm³/mol. The Hall–Kier alpha value is -1.24. The van der Waals surface area contributed by atoms with Gasteiger partial charge in [-0.1, -0.05) is 34.1 Å². The van der Waals surface area contributed by atoms with E-state index in [1.165, 1.54) is 12.2 Å². The van der Waals surface area contributed by atoms with Crippen LogP contribution in [-0.2, 0) is 9.59 Å². The third-order valence-corrected chi connectivity index (χ3v) is 2.26. The molecule has 0 saturated carbocycles. The molecular formula is C11H16N2O2. The third-order valence-electron chi connectivity index (χ3n) is 2.26. The fourth-order valence-corrected chi connectivity index (χ4v) is 1.48. The Morgan fingerprint density at radius 3 is 2.13 bits per heavy atom. The van der Waals surface area contributed by atoms with Crippen molar-refractivity contribution in [2.75, 3.05) is 0 Å². The highest BCUT2D eigenvalue weighted by molar-refractivity contribution is 5.40. The normalized spacial score (nSPS) is 12.9. The molecule has 0 aliphatic carbocycles. The van der Waals surface area contributed by atoms with E-state index in [1.54, 1.807) is 0 Å². The Morgan fingerprint density at radius 1 is 1.33 bits per heavy atom. The van der Waals surface area contributed by atoms with E-state index in [2.05, 4.69) is 16.9 Å². The van der Waals surface area contributed by atoms with Crippen LogP contribution >= 0.6 is 0 Å². The monoisotopic (exact) mass is 208 g/mol. The molecule has 0 saturated heterocycles. The van der Waals surface area contributed by atoms with Crippen LogP contribution in [0.25, 0.3) is 0 Å². The van der Waals surface area contributed by atoms with Gasteiger partial charge in [-0.3, -0.25) is 0 Å². The molecule has 0 amide bonds. The highest BCUT2D eigenvalue weighted by Crippen LogP contribution is 2.37. The van der Waals surface area contributed by atoms with E-state index in [9.17, 15) is 9.59 Å². The Bertz CT molecular complexity index is 269. The van der Waals surface area contributed by atoms with Gasteiger partial charge in [0.25, 0.3) is 0 Å². The first-order valence-electron chi connectivity index (χ1n) is 4.80. The van der Waals surface area contributed by atoms with Crippen LogP contribution in [0.4, 0.5) is 0 Å². The number of hydrogen-bond acceptors (Lipinski definition) is 4. The smallest absolute Gasteiger partial charge is 0.211 e. The van der Waals surface area contributed by atoms with Crippen molar-refractivity contribution in [3.63, 3.8) is 0 Å². The van der Waals surface area contributed by atoms with Crippen molar-refractivity contribution in [3.8, 4) is 0 Å². The minimum Gasteiger partial charge on any atom is -0.211 e. The van der Waals surface area contributed by atoms with Gasteiger partial charge in [-0.25, -0.2) is 9.59 Å². The van der Waals surface area contributed by atoms with Crippen molar-refractivity contribution in [2.24, 2.45) is 21.3 Å². The van der Waals surface area contributed by atoms with E-state index < -0.39 is 5.41 Å². The van der Waals surface area contributed by atoms with Gasteiger partial charge in [0.15, 0.2) is 0 Å². The zero-order valence-corrected chi connectivity index (χ0v) is 9.41. The Kier molecular flexibility index (Phi) is 5.76. The quantitative estimate of drug-likeness (QED) is 0.497. The SMILES string of the molecule is [CH2]CC(C)CC(C)(C)[C](N=C=O)N=C=O. The minimum absolute atomic E-state index is 0.174. The van der Waals surface area contributed by atoms with Crippen LogP contribution in [-0.4, -0.2) is 12.2 Å². The Labute approximate surface area is 90.5 Å². The van der Waals surface area contributed by atoms with E-state index in [-0.39, 0.29) is 6.17 Å². The van der Waals surface area contributed by atoms with Crippen LogP contribution in [0.3, 0.4) is 0 Å². The fraction of sp³-hybridized carbons (Fsp3) is 0.636. The number of isocyanates is 2. The molecular weight excluding hydrogens is 192 g/mol. The topological polar surface area (TPSA) is 58.9 Å². The van der Waals surface area contributed by atoms with E-state index in [0.29, 0.717) is 5.92 Å². The summed E-state index contributed by atoms with van der Waals surface area (Å²) < 4.78 is 0. The van der Waals surface area contributed by atoms with Crippen molar-refractivity contribution < 1.29 is 9.59 Å². The molecule has 0 aromatic rings. The van der Waals surface area contributed by atoms with Crippen LogP contribution in [0.15, 0.2) is 9.98 Å². The van der Waals surface area contributed by atoms with Crippen molar-refractivity contribution in [1.82, 2.24) is 0 Å². The second kappa shape index (κ2) is 6.28. The lowest BCUT2D eigenvalue weighted by molar-refractivity contribution is 0.286. The molecule has 0 aliphatic heterocycles. The number of nitrogens with zero attached hydrogens (tertiary/aromatic N) is 2. The summed E-state index contributed by atoms with van der Waals surface area (Å²) in [4.78, 5) is 27.2. The van der Waals surface area contributed by atoms with Gasteiger partial charge in [0.1, 0.15) is 0 Å². The van der Waals surface area contributed by atoms with Gasteiger partial charge in [0.2, 0.25) is 18.3 Å². The molecule has 1 unspecified atom stereocenters. The highest BCUT2D eigenvalue weighted by Gasteiger charge is 2.32. The van der Waals surface area contributed by atoms with Crippen LogP contribution in [0.5, 0.6) is 0 Å². The minimum atomic E-state index is -0.439. The van der Waals surface area contributed by atoms with Crippen molar-refractivity contribution in [1.29, 1.82) is 0 Å². The van der Waals surface area contributed by atoms with Gasteiger partial charge >= 0.3 is 0 Å². The van der Waals surface area contributed by atoms with E-state index in [0.717, 1.165) is 12.8 Å². The van der Waals surface area contributed by atoms with Crippen molar-refractivity contribution >= 4 is 12.2 Å². The first kappa shape index (κ1) is 13.8. The summed E-state index contributed by atoms with van der Waals surface area (Å²) in [6.07, 6.45) is 4.51. The van der Waals surface area contributed by atoms with Crippen LogP contribution in [0.1, 0.15) is 33.6 Å². The van der Waals surface area contributed by atoms with E-state index >= 15 is 0 Å². The zero-order valence-electron chi connectivity index (χ0n) is 9.41. The molecule has 0 bridgehead atoms. The Morgan fingerprint density at radius 2 is 1.80 bits per heavy atom. The summed E-state index contributed by atoms with van der Waals surface area (Å²) in [6, 6.07) is 0. The lowest BCUT2D eigenvalue weighted by Gasteiger charge is -2.28. The summed E-state index contributed by atoms with van der Waals surface area (Å²) >= 11 is 0. The highest BCUT2D eigenvalue weighted by atomic mass is 16.1. The number of hydrogen-bond donors (Lipinski definition) is 0. The molecule has 4 heteroatoms. The molecule has 0 heterocycles. The van der Waals surface area contributed by atoms with E-state index in [4.69, 9.17) is 0 Å². The second-order valence-electron chi connectivity index (χ2n) is 4.21. The van der Waals surface area contributed by atoms with Gasteiger partial charge in [-0.2, -0.15) is 9.98 Å². The van der Waals surface area contributed by atoms with E-state index in [1.807, 2.05) is 20.8 Å². The number of rotatable bonds is 6. The van der Waals surface area contributed by atoms with Crippen LogP contribution in [0.2, 0.25) is 0 Å². The first-order valence-corrected chi connectivity index (χ1v) is 4.80. The lowest BCUT2D eigenvalue weighted by atomic mass is 9.80. The predicted octanol–water partition coefficient (Wildman–Crippen LogP) is 2.42. The summed E-state index contributed by atoms with van der Waals surface area (Å²) in [6.45, 7) is 9.58. The van der Waals surface area contributed by atoms with Gasteiger partial charge < -0.3 is 0 Å². The average molecular weight is 208 g/mol. The molecule has 0 rings (SSSR count). The van der Waals surface area contributed by atoms with Crippen molar-refractivity contribution in [2.45, 2.75) is 33.6 Å². The zero-order chi connectivity index (χ0) is 11.9. The average Bonchev–Trinajstić information content (AvgIpc) is 2.16. The molecule has 0 aromatic carbocycles. The molecule has 1 atom stereocenters. The number of carbonyl (C=O) groups excluding carboxylic acids is 2. The number of aliphatic imine (C=N–C) groups is 2. The molecule has 0 spiro atoms. The van der Waals surface area contributed by atoms with Crippen LogP contribution < -0.4 is 0 Å². The van der Waals surface area contributed by atoms with Gasteiger partial charge in [-0.05, 0) is 12.3 Å². The van der Waals surface area contributed by atoms with Crippen LogP contribution in [0, 0.1) is 24.4 Å². The second-order valence-corrected chi connectivity index (χ2v) is 4.21. The summed E-state index contributed by atoms with van der Waals surface area (Å²) in [5, 5.41) is 0. The molecule has 2 radical (unpaired) electrons. The molecule has 0 aromatic heterocycles. The maximum atomic E-state index is 10.2. The molecule has 4 nitrogen and oxygen atoms in total. The summed E-state index contributed by atoms with van der Waals surface area (Å²) in [7, 11) is 0. The van der Waals surface area contributed by atoms with Gasteiger partial charge in [0.05, 0.1) is 0 Å². The molecule has 0 fully saturated rings. The maximum absolute atomic E-state index is 10.2. The molecule has 82 valence electrons. The summed E-state index contributed by atoms with van der Waals surface area (Å²) in [5.41, 5.74) is -0.439. The fourth-order valence-electron chi connectivity index (χ4n) is 1.48. The molecule has 15 heavy (non-hydrogen) atoms.